The fourth-order valence-corrected chi connectivity index (χ4v) is 3.00. The third kappa shape index (κ3) is 10.5. The van der Waals surface area contributed by atoms with Gasteiger partial charge in [0.25, 0.3) is 10.1 Å². The van der Waals surface area contributed by atoms with Crippen molar-refractivity contribution in [3.05, 3.63) is 47.0 Å². The Kier molecular flexibility index (Phi) is 7.78. The molecule has 0 saturated carbocycles. The third-order valence-corrected chi connectivity index (χ3v) is 4.56. The first-order chi connectivity index (χ1) is 10.6. The highest BCUT2D eigenvalue weighted by molar-refractivity contribution is 7.85. The van der Waals surface area contributed by atoms with Crippen molar-refractivity contribution in [3.8, 4) is 0 Å². The molecule has 0 bridgehead atoms. The van der Waals surface area contributed by atoms with E-state index in [1.165, 1.54) is 5.56 Å². The predicted octanol–water partition coefficient (Wildman–Crippen LogP) is 5.16. The van der Waals surface area contributed by atoms with E-state index in [2.05, 4.69) is 32.9 Å². The van der Waals surface area contributed by atoms with E-state index in [0.29, 0.717) is 12.3 Å². The molecule has 0 aromatic heterocycles. The van der Waals surface area contributed by atoms with Gasteiger partial charge < -0.3 is 0 Å². The molecule has 1 atom stereocenters. The van der Waals surface area contributed by atoms with Crippen LogP contribution >= 0.6 is 11.6 Å². The lowest BCUT2D eigenvalue weighted by Crippen LogP contribution is -2.07. The van der Waals surface area contributed by atoms with Gasteiger partial charge in [-0.3, -0.25) is 4.55 Å². The van der Waals surface area contributed by atoms with Crippen LogP contribution in [0.15, 0.2) is 36.4 Å². The number of halogens is 1. The van der Waals surface area contributed by atoms with Gasteiger partial charge in [-0.25, -0.2) is 0 Å². The van der Waals surface area contributed by atoms with E-state index in [-0.39, 0.29) is 11.2 Å². The van der Waals surface area contributed by atoms with E-state index in [1.807, 2.05) is 24.3 Å². The Hall–Kier alpha value is -0.840. The maximum Gasteiger partial charge on any atom is 0.264 e. The molecule has 130 valence electrons. The second kappa shape index (κ2) is 8.86. The largest absolute Gasteiger partial charge is 0.286 e. The molecule has 1 aromatic carbocycles. The topological polar surface area (TPSA) is 54.4 Å². The smallest absolute Gasteiger partial charge is 0.264 e. The van der Waals surface area contributed by atoms with E-state index < -0.39 is 10.1 Å². The fourth-order valence-electron chi connectivity index (χ4n) is 2.31. The van der Waals surface area contributed by atoms with Crippen LogP contribution in [0.2, 0.25) is 5.02 Å². The number of hydrogen-bond donors (Lipinski definition) is 1. The lowest BCUT2D eigenvalue weighted by molar-refractivity contribution is 0.475. The summed E-state index contributed by atoms with van der Waals surface area (Å²) < 4.78 is 30.4. The summed E-state index contributed by atoms with van der Waals surface area (Å²) in [5, 5.41) is 0.726. The van der Waals surface area contributed by atoms with Crippen molar-refractivity contribution in [1.29, 1.82) is 0 Å². The SMILES string of the molecule is CC(C)(C)/C=C/[C@H](CCCCS(=O)(=O)O)Cc1ccc(Cl)cc1. The van der Waals surface area contributed by atoms with E-state index in [1.54, 1.807) is 0 Å². The van der Waals surface area contributed by atoms with E-state index in [9.17, 15) is 8.42 Å². The molecule has 23 heavy (non-hydrogen) atoms. The second-order valence-corrected chi connectivity index (χ2v) is 9.11. The molecular formula is C18H27ClO3S. The third-order valence-electron chi connectivity index (χ3n) is 3.51. The van der Waals surface area contributed by atoms with Crippen LogP contribution in [-0.2, 0) is 16.5 Å². The van der Waals surface area contributed by atoms with Gasteiger partial charge in [-0.05, 0) is 48.3 Å². The maximum absolute atomic E-state index is 10.8. The van der Waals surface area contributed by atoms with Crippen LogP contribution in [0.3, 0.4) is 0 Å². The van der Waals surface area contributed by atoms with Gasteiger partial charge in [0.1, 0.15) is 0 Å². The molecule has 0 heterocycles. The molecule has 0 aliphatic carbocycles. The van der Waals surface area contributed by atoms with Gasteiger partial charge in [0.05, 0.1) is 5.75 Å². The molecule has 0 fully saturated rings. The number of benzene rings is 1. The molecule has 0 aliphatic heterocycles. The van der Waals surface area contributed by atoms with Crippen LogP contribution in [0.1, 0.15) is 45.6 Å². The summed E-state index contributed by atoms with van der Waals surface area (Å²) in [4.78, 5) is 0. The van der Waals surface area contributed by atoms with Crippen molar-refractivity contribution < 1.29 is 13.0 Å². The van der Waals surface area contributed by atoms with Crippen LogP contribution < -0.4 is 0 Å². The number of hydrogen-bond acceptors (Lipinski definition) is 2. The lowest BCUT2D eigenvalue weighted by atomic mass is 9.89. The van der Waals surface area contributed by atoms with Crippen molar-refractivity contribution >= 4 is 21.7 Å². The Bertz CT molecular complexity index is 598. The molecule has 0 amide bonds. The lowest BCUT2D eigenvalue weighted by Gasteiger charge is -2.17. The minimum absolute atomic E-state index is 0.118. The van der Waals surface area contributed by atoms with Crippen molar-refractivity contribution in [2.75, 3.05) is 5.75 Å². The summed E-state index contributed by atoms with van der Waals surface area (Å²) in [6, 6.07) is 7.83. The Balaban J connectivity index is 2.65. The highest BCUT2D eigenvalue weighted by Crippen LogP contribution is 2.22. The Morgan fingerprint density at radius 1 is 1.17 bits per heavy atom. The molecular weight excluding hydrogens is 332 g/mol. The van der Waals surface area contributed by atoms with Gasteiger partial charge >= 0.3 is 0 Å². The molecule has 1 N–H and O–H groups in total. The summed E-state index contributed by atoms with van der Waals surface area (Å²) >= 11 is 5.92. The van der Waals surface area contributed by atoms with Crippen molar-refractivity contribution in [2.24, 2.45) is 11.3 Å². The highest BCUT2D eigenvalue weighted by atomic mass is 35.5. The van der Waals surface area contributed by atoms with Gasteiger partial charge in [0.2, 0.25) is 0 Å². The first kappa shape index (κ1) is 20.2. The van der Waals surface area contributed by atoms with Gasteiger partial charge in [0, 0.05) is 5.02 Å². The Morgan fingerprint density at radius 3 is 2.30 bits per heavy atom. The second-order valence-electron chi connectivity index (χ2n) is 7.10. The molecule has 1 rings (SSSR count). The molecule has 0 saturated heterocycles. The van der Waals surface area contributed by atoms with Gasteiger partial charge in [0.15, 0.2) is 0 Å². The Morgan fingerprint density at radius 2 is 1.78 bits per heavy atom. The fraction of sp³-hybridized carbons (Fsp3) is 0.556. The summed E-state index contributed by atoms with van der Waals surface area (Å²) in [5.74, 6) is 0.181. The zero-order valence-corrected chi connectivity index (χ0v) is 15.7. The number of unbranched alkanes of at least 4 members (excludes halogenated alkanes) is 1. The normalized spacial score (nSPS) is 14.3. The molecule has 0 aliphatic rings. The monoisotopic (exact) mass is 358 g/mol. The molecule has 3 nitrogen and oxygen atoms in total. The maximum atomic E-state index is 10.8. The van der Waals surface area contributed by atoms with Crippen molar-refractivity contribution in [3.63, 3.8) is 0 Å². The van der Waals surface area contributed by atoms with Crippen LogP contribution in [0.4, 0.5) is 0 Å². The van der Waals surface area contributed by atoms with Crippen molar-refractivity contribution in [2.45, 2.75) is 46.5 Å². The minimum atomic E-state index is -3.85. The summed E-state index contributed by atoms with van der Waals surface area (Å²) in [6.07, 6.45) is 7.48. The Labute approximate surface area is 145 Å². The molecule has 1 aromatic rings. The van der Waals surface area contributed by atoms with Crippen LogP contribution in [0.5, 0.6) is 0 Å². The van der Waals surface area contributed by atoms with Crippen molar-refractivity contribution in [1.82, 2.24) is 0 Å². The zero-order valence-electron chi connectivity index (χ0n) is 14.1. The average molecular weight is 359 g/mol. The van der Waals surface area contributed by atoms with E-state index in [0.717, 1.165) is 24.3 Å². The molecule has 0 radical (unpaired) electrons. The zero-order chi connectivity index (χ0) is 17.5. The van der Waals surface area contributed by atoms with Gasteiger partial charge in [-0.1, -0.05) is 63.1 Å². The van der Waals surface area contributed by atoms with Crippen LogP contribution in [0, 0.1) is 11.3 Å². The minimum Gasteiger partial charge on any atom is -0.286 e. The van der Waals surface area contributed by atoms with E-state index >= 15 is 0 Å². The first-order valence-corrected chi connectivity index (χ1v) is 9.93. The summed E-state index contributed by atoms with van der Waals surface area (Å²) in [6.45, 7) is 6.46. The first-order valence-electron chi connectivity index (χ1n) is 7.94. The quantitative estimate of drug-likeness (QED) is 0.396. The summed E-state index contributed by atoms with van der Waals surface area (Å²) in [5.41, 5.74) is 1.33. The van der Waals surface area contributed by atoms with Crippen LogP contribution in [-0.4, -0.2) is 18.7 Å². The molecule has 5 heteroatoms. The standard InChI is InChI=1S/C18H27ClO3S/c1-18(2,3)12-11-15(6-4-5-13-23(20,21)22)14-16-7-9-17(19)10-8-16/h7-12,15H,4-6,13-14H2,1-3H3,(H,20,21,22)/b12-11+/t15-/m0/s1. The average Bonchev–Trinajstić information content (AvgIpc) is 2.41. The predicted molar refractivity (Wildman–Crippen MR) is 97.5 cm³/mol. The van der Waals surface area contributed by atoms with E-state index in [4.69, 9.17) is 16.2 Å². The van der Waals surface area contributed by atoms with Gasteiger partial charge in [-0.2, -0.15) is 8.42 Å². The number of allylic oxidation sites excluding steroid dienone is 2. The van der Waals surface area contributed by atoms with Gasteiger partial charge in [-0.15, -0.1) is 0 Å². The highest BCUT2D eigenvalue weighted by Gasteiger charge is 2.11. The molecule has 0 spiro atoms. The number of rotatable bonds is 8. The van der Waals surface area contributed by atoms with Crippen LogP contribution in [0.25, 0.3) is 0 Å². The molecule has 0 unspecified atom stereocenters. The summed E-state index contributed by atoms with van der Waals surface area (Å²) in [7, 11) is -3.85.